The number of hydrogen-bond donors (Lipinski definition) is 2. The van der Waals surface area contributed by atoms with Crippen molar-refractivity contribution in [1.82, 2.24) is 15.3 Å². The number of carbonyl (C=O) groups is 1. The Hall–Kier alpha value is -1.01. The largest absolute Gasteiger partial charge is 0.341 e. The molecule has 0 unspecified atom stereocenters. The van der Waals surface area contributed by atoms with Gasteiger partial charge in [-0.15, -0.1) is 0 Å². The minimum absolute atomic E-state index is 0.154. The van der Waals surface area contributed by atoms with E-state index in [1.165, 1.54) is 0 Å². The van der Waals surface area contributed by atoms with E-state index in [-0.39, 0.29) is 12.1 Å². The molecule has 2 rings (SSSR count). The molecule has 0 aliphatic carbocycles. The van der Waals surface area contributed by atoms with Gasteiger partial charge in [0.05, 0.1) is 22.1 Å². The lowest BCUT2D eigenvalue weighted by atomic mass is 10.1. The minimum atomic E-state index is -0.516. The number of rotatable bonds is 3. The van der Waals surface area contributed by atoms with Gasteiger partial charge in [0.2, 0.25) is 0 Å². The highest BCUT2D eigenvalue weighted by Gasteiger charge is 2.27. The van der Waals surface area contributed by atoms with Crippen molar-refractivity contribution in [2.75, 3.05) is 20.1 Å². The fourth-order valence-corrected chi connectivity index (χ4v) is 3.06. The number of amides is 2. The second-order valence-electron chi connectivity index (χ2n) is 5.69. The van der Waals surface area contributed by atoms with E-state index < -0.39 is 6.03 Å². The monoisotopic (exact) mass is 345 g/mol. The smallest absolute Gasteiger partial charge is 0.330 e. The third-order valence-electron chi connectivity index (χ3n) is 4.03. The predicted molar refractivity (Wildman–Crippen MR) is 87.6 cm³/mol. The van der Waals surface area contributed by atoms with Crippen molar-refractivity contribution in [2.24, 2.45) is 0 Å². The molecule has 0 aromatic heterocycles. The number of nitrogens with one attached hydrogen (secondary N) is 1. The molecule has 1 aliphatic heterocycles. The maximum absolute atomic E-state index is 12.2. The minimum Gasteiger partial charge on any atom is -0.330 e. The predicted octanol–water partition coefficient (Wildman–Crippen LogP) is 3.55. The van der Waals surface area contributed by atoms with Crippen LogP contribution in [-0.4, -0.2) is 47.4 Å². The molecular weight excluding hydrogens is 325 g/mol. The fraction of sp³-hybridized carbons (Fsp3) is 0.533. The van der Waals surface area contributed by atoms with Gasteiger partial charge in [-0.1, -0.05) is 35.3 Å². The summed E-state index contributed by atoms with van der Waals surface area (Å²) in [5.41, 5.74) is 0.722. The molecule has 7 heteroatoms. The van der Waals surface area contributed by atoms with Crippen LogP contribution in [0.5, 0.6) is 0 Å². The van der Waals surface area contributed by atoms with Gasteiger partial charge in [-0.2, -0.15) is 0 Å². The molecule has 1 aliphatic rings. The molecule has 1 saturated heterocycles. The van der Waals surface area contributed by atoms with E-state index >= 15 is 0 Å². The molecule has 1 atom stereocenters. The first-order valence-corrected chi connectivity index (χ1v) is 8.06. The Kier molecular flexibility index (Phi) is 5.92. The lowest BCUT2D eigenvalue weighted by Crippen LogP contribution is -2.48. The third-order valence-corrected chi connectivity index (χ3v) is 4.86. The molecule has 1 fully saturated rings. The van der Waals surface area contributed by atoms with Gasteiger partial charge in [0.1, 0.15) is 0 Å². The molecule has 0 saturated carbocycles. The van der Waals surface area contributed by atoms with Gasteiger partial charge in [0.15, 0.2) is 0 Å². The standard InChI is InChI=1S/C15H21Cl2N3O2/c1-10(12-4-3-5-13(16)14(12)17)18-15(21)20(22)11-6-8-19(2)9-7-11/h3-5,10-11,22H,6-9H2,1-2H3,(H,18,21)/t10-/m0/s1. The molecule has 122 valence electrons. The number of hydroxylamine groups is 2. The summed E-state index contributed by atoms with van der Waals surface area (Å²) in [4.78, 5) is 14.4. The number of carbonyl (C=O) groups excluding carboxylic acids is 1. The van der Waals surface area contributed by atoms with E-state index in [1.807, 2.05) is 7.05 Å². The van der Waals surface area contributed by atoms with E-state index in [2.05, 4.69) is 10.2 Å². The Bertz CT molecular complexity index is 534. The van der Waals surface area contributed by atoms with Crippen molar-refractivity contribution in [3.05, 3.63) is 33.8 Å². The summed E-state index contributed by atoms with van der Waals surface area (Å²) in [7, 11) is 2.03. The summed E-state index contributed by atoms with van der Waals surface area (Å²) < 4.78 is 0. The van der Waals surface area contributed by atoms with Crippen LogP contribution in [0.4, 0.5) is 4.79 Å². The molecule has 22 heavy (non-hydrogen) atoms. The normalized spacial score (nSPS) is 18.0. The number of likely N-dealkylation sites (tertiary alicyclic amines) is 1. The van der Waals surface area contributed by atoms with Gasteiger partial charge < -0.3 is 10.2 Å². The average molecular weight is 346 g/mol. The maximum Gasteiger partial charge on any atom is 0.341 e. The first-order valence-electron chi connectivity index (χ1n) is 7.31. The molecular formula is C15H21Cl2N3O2. The van der Waals surface area contributed by atoms with E-state index in [9.17, 15) is 10.0 Å². The second-order valence-corrected chi connectivity index (χ2v) is 6.48. The molecule has 2 N–H and O–H groups in total. The van der Waals surface area contributed by atoms with Crippen molar-refractivity contribution in [3.63, 3.8) is 0 Å². The molecule has 0 bridgehead atoms. The second kappa shape index (κ2) is 7.51. The van der Waals surface area contributed by atoms with Crippen molar-refractivity contribution >= 4 is 29.2 Å². The van der Waals surface area contributed by atoms with Crippen molar-refractivity contribution < 1.29 is 10.0 Å². The number of urea groups is 1. The van der Waals surface area contributed by atoms with E-state index in [0.717, 1.165) is 36.6 Å². The van der Waals surface area contributed by atoms with Gasteiger partial charge in [0, 0.05) is 0 Å². The van der Waals surface area contributed by atoms with Crippen LogP contribution in [0.2, 0.25) is 10.0 Å². The summed E-state index contributed by atoms with van der Waals surface area (Å²) in [6, 6.07) is 4.26. The van der Waals surface area contributed by atoms with Gasteiger partial charge in [-0.3, -0.25) is 5.21 Å². The average Bonchev–Trinajstić information content (AvgIpc) is 2.50. The molecule has 0 radical (unpaired) electrons. The van der Waals surface area contributed by atoms with Crippen molar-refractivity contribution in [3.8, 4) is 0 Å². The van der Waals surface area contributed by atoms with Crippen LogP contribution in [0.1, 0.15) is 31.4 Å². The van der Waals surface area contributed by atoms with Gasteiger partial charge in [-0.05, 0) is 51.5 Å². The molecule has 1 aromatic rings. The molecule has 1 heterocycles. The summed E-state index contributed by atoms with van der Waals surface area (Å²) in [6.45, 7) is 3.54. The van der Waals surface area contributed by atoms with E-state index in [1.54, 1.807) is 25.1 Å². The van der Waals surface area contributed by atoms with Crippen LogP contribution in [0.25, 0.3) is 0 Å². The zero-order valence-electron chi connectivity index (χ0n) is 12.7. The van der Waals surface area contributed by atoms with Crippen molar-refractivity contribution in [1.29, 1.82) is 0 Å². The fourth-order valence-electron chi connectivity index (χ4n) is 2.59. The first kappa shape index (κ1) is 17.3. The number of halogens is 2. The highest BCUT2D eigenvalue weighted by molar-refractivity contribution is 6.42. The van der Waals surface area contributed by atoms with Crippen LogP contribution in [0.15, 0.2) is 18.2 Å². The number of benzene rings is 1. The van der Waals surface area contributed by atoms with Crippen LogP contribution in [-0.2, 0) is 0 Å². The Morgan fingerprint density at radius 2 is 2.05 bits per heavy atom. The van der Waals surface area contributed by atoms with Crippen molar-refractivity contribution in [2.45, 2.75) is 31.8 Å². The summed E-state index contributed by atoms with van der Waals surface area (Å²) in [5, 5.41) is 14.5. The van der Waals surface area contributed by atoms with Crippen LogP contribution >= 0.6 is 23.2 Å². The molecule has 1 aromatic carbocycles. The SMILES string of the molecule is C[C@H](NC(=O)N(O)C1CCN(C)CC1)c1cccc(Cl)c1Cl. The Morgan fingerprint density at radius 3 is 2.68 bits per heavy atom. The Morgan fingerprint density at radius 1 is 1.41 bits per heavy atom. The molecule has 2 amide bonds. The number of hydrogen-bond acceptors (Lipinski definition) is 3. The van der Waals surface area contributed by atoms with E-state index in [4.69, 9.17) is 23.2 Å². The lowest BCUT2D eigenvalue weighted by Gasteiger charge is -2.33. The highest BCUT2D eigenvalue weighted by atomic mass is 35.5. The van der Waals surface area contributed by atoms with Gasteiger partial charge in [-0.25, -0.2) is 9.86 Å². The summed E-state index contributed by atoms with van der Waals surface area (Å²) in [6.07, 6.45) is 1.51. The van der Waals surface area contributed by atoms with Crippen LogP contribution in [0, 0.1) is 0 Å². The summed E-state index contributed by atoms with van der Waals surface area (Å²) >= 11 is 12.1. The molecule has 5 nitrogen and oxygen atoms in total. The Balaban J connectivity index is 1.97. The lowest BCUT2D eigenvalue weighted by molar-refractivity contribution is -0.0919. The van der Waals surface area contributed by atoms with Gasteiger partial charge in [0.25, 0.3) is 0 Å². The maximum atomic E-state index is 12.2. The zero-order chi connectivity index (χ0) is 16.3. The van der Waals surface area contributed by atoms with Gasteiger partial charge >= 0.3 is 6.03 Å². The first-order chi connectivity index (χ1) is 10.4. The molecule has 0 spiro atoms. The van der Waals surface area contributed by atoms with Crippen LogP contribution in [0.3, 0.4) is 0 Å². The van der Waals surface area contributed by atoms with Crippen LogP contribution < -0.4 is 5.32 Å². The highest BCUT2D eigenvalue weighted by Crippen LogP contribution is 2.29. The number of nitrogens with zero attached hydrogens (tertiary/aromatic N) is 2. The summed E-state index contributed by atoms with van der Waals surface area (Å²) in [5.74, 6) is 0. The quantitative estimate of drug-likeness (QED) is 0.650. The Labute approximate surface area is 140 Å². The zero-order valence-corrected chi connectivity index (χ0v) is 14.2. The number of piperidine rings is 1. The third kappa shape index (κ3) is 4.04. The van der Waals surface area contributed by atoms with E-state index in [0.29, 0.717) is 10.0 Å². The topological polar surface area (TPSA) is 55.8 Å².